The number of carbonyl (C=O) groups excluding carboxylic acids is 1. The molecule has 45 heavy (non-hydrogen) atoms. The smallest absolute Gasteiger partial charge is 0.335 e. The van der Waals surface area contributed by atoms with Crippen LogP contribution in [0.4, 0.5) is 0 Å². The van der Waals surface area contributed by atoms with Gasteiger partial charge in [-0.25, -0.2) is 9.78 Å². The Morgan fingerprint density at radius 3 is 2.27 bits per heavy atom. The number of aromatic carboxylic acids is 1. The number of carbonyl (C=O) groups is 2. The molecule has 0 spiro atoms. The maximum absolute atomic E-state index is 13.6. The van der Waals surface area contributed by atoms with Crippen molar-refractivity contribution in [3.05, 3.63) is 100 Å². The minimum Gasteiger partial charge on any atom is -0.478 e. The molecule has 7 heteroatoms. The van der Waals surface area contributed by atoms with Crippen molar-refractivity contribution in [1.29, 1.82) is 0 Å². The summed E-state index contributed by atoms with van der Waals surface area (Å²) in [5.74, 6) is 0.0697. The molecular formula is C38H44N4O3. The molecule has 3 aliphatic heterocycles. The predicted octanol–water partition coefficient (Wildman–Crippen LogP) is 7.09. The first kappa shape index (κ1) is 29.7. The molecule has 7 nitrogen and oxygen atoms in total. The Kier molecular flexibility index (Phi) is 7.76. The molecule has 3 saturated heterocycles. The molecule has 4 aromatic rings. The molecule has 1 N–H and O–H groups in total. The number of piperidine rings is 2. The zero-order valence-electron chi connectivity index (χ0n) is 26.7. The Hall–Kier alpha value is -3.97. The summed E-state index contributed by atoms with van der Waals surface area (Å²) in [6.07, 6.45) is 7.77. The molecule has 1 amide bonds. The summed E-state index contributed by atoms with van der Waals surface area (Å²) in [5.41, 5.74) is 6.27. The quantitative estimate of drug-likeness (QED) is 0.244. The second-order valence-corrected chi connectivity index (χ2v) is 13.7. The van der Waals surface area contributed by atoms with E-state index in [0.29, 0.717) is 42.3 Å². The Morgan fingerprint density at radius 1 is 0.867 bits per heavy atom. The van der Waals surface area contributed by atoms with E-state index in [2.05, 4.69) is 71.8 Å². The van der Waals surface area contributed by atoms with Gasteiger partial charge in [0.2, 0.25) is 0 Å². The number of aryl methyl sites for hydroxylation is 2. The number of aromatic nitrogens is 2. The van der Waals surface area contributed by atoms with Gasteiger partial charge in [0.15, 0.2) is 0 Å². The standard InChI is InChI=1S/C38H44N4O3/c1-25-8-6-9-28(22-25)38(16-19-40(20-17-38)36(43)32-10-7-11-33(26(32)2)37(44)45)18-21-41-29-14-15-30(41)24-31(23-29)42-27(3)39-34-12-4-5-13-35(34)42/h4-13,22,29-31H,14-21,23-24H2,1-3H3,(H,44,45)/t29-,30+,31?. The molecule has 234 valence electrons. The van der Waals surface area contributed by atoms with Gasteiger partial charge in [0.05, 0.1) is 16.6 Å². The van der Waals surface area contributed by atoms with E-state index in [1.807, 2.05) is 4.90 Å². The van der Waals surface area contributed by atoms with E-state index in [9.17, 15) is 14.7 Å². The van der Waals surface area contributed by atoms with Gasteiger partial charge < -0.3 is 14.6 Å². The molecule has 0 radical (unpaired) electrons. The van der Waals surface area contributed by atoms with E-state index in [1.54, 1.807) is 25.1 Å². The highest BCUT2D eigenvalue weighted by atomic mass is 16.4. The number of hydrogen-bond donors (Lipinski definition) is 1. The van der Waals surface area contributed by atoms with Crippen molar-refractivity contribution in [1.82, 2.24) is 19.4 Å². The third-order valence-corrected chi connectivity index (χ3v) is 11.3. The lowest BCUT2D eigenvalue weighted by molar-refractivity contribution is 0.0606. The van der Waals surface area contributed by atoms with Crippen molar-refractivity contribution in [2.45, 2.75) is 89.3 Å². The highest BCUT2D eigenvalue weighted by molar-refractivity contribution is 6.00. The van der Waals surface area contributed by atoms with Crippen LogP contribution in [-0.4, -0.2) is 68.1 Å². The maximum Gasteiger partial charge on any atom is 0.335 e. The number of carboxylic acid groups (broad SMARTS) is 1. The molecule has 0 aliphatic carbocycles. The first-order chi connectivity index (χ1) is 21.7. The van der Waals surface area contributed by atoms with Gasteiger partial charge in [-0.2, -0.15) is 0 Å². The topological polar surface area (TPSA) is 78.7 Å². The number of fused-ring (bicyclic) bond motifs is 3. The summed E-state index contributed by atoms with van der Waals surface area (Å²) in [5, 5.41) is 9.59. The summed E-state index contributed by atoms with van der Waals surface area (Å²) >= 11 is 0. The summed E-state index contributed by atoms with van der Waals surface area (Å²) in [7, 11) is 0. The number of hydrogen-bond acceptors (Lipinski definition) is 4. The molecular weight excluding hydrogens is 560 g/mol. The number of rotatable bonds is 7. The highest BCUT2D eigenvalue weighted by Crippen LogP contribution is 2.45. The fourth-order valence-electron chi connectivity index (χ4n) is 8.86. The number of amides is 1. The average Bonchev–Trinajstić information content (AvgIpc) is 3.50. The first-order valence-electron chi connectivity index (χ1n) is 16.6. The number of carboxylic acids is 1. The summed E-state index contributed by atoms with van der Waals surface area (Å²) < 4.78 is 2.51. The van der Waals surface area contributed by atoms with E-state index >= 15 is 0 Å². The highest BCUT2D eigenvalue weighted by Gasteiger charge is 2.44. The Bertz CT molecular complexity index is 1740. The molecule has 7 rings (SSSR count). The van der Waals surface area contributed by atoms with Crippen molar-refractivity contribution < 1.29 is 14.7 Å². The van der Waals surface area contributed by atoms with Crippen molar-refractivity contribution in [2.75, 3.05) is 19.6 Å². The fourth-order valence-corrected chi connectivity index (χ4v) is 8.86. The van der Waals surface area contributed by atoms with Crippen molar-refractivity contribution in [3.63, 3.8) is 0 Å². The number of likely N-dealkylation sites (tertiary alicyclic amines) is 1. The van der Waals surface area contributed by atoms with E-state index in [-0.39, 0.29) is 16.9 Å². The van der Waals surface area contributed by atoms with Crippen LogP contribution >= 0.6 is 0 Å². The van der Waals surface area contributed by atoms with Crippen LogP contribution in [-0.2, 0) is 5.41 Å². The Balaban J connectivity index is 1.08. The second kappa shape index (κ2) is 11.8. The minimum atomic E-state index is -0.995. The van der Waals surface area contributed by atoms with Gasteiger partial charge in [-0.05, 0) is 113 Å². The van der Waals surface area contributed by atoms with Gasteiger partial charge in [-0.1, -0.05) is 48.0 Å². The monoisotopic (exact) mass is 604 g/mol. The molecule has 3 aromatic carbocycles. The van der Waals surface area contributed by atoms with Crippen LogP contribution in [0.25, 0.3) is 11.0 Å². The van der Waals surface area contributed by atoms with E-state index < -0.39 is 5.97 Å². The third kappa shape index (κ3) is 5.35. The lowest BCUT2D eigenvalue weighted by Gasteiger charge is -2.46. The van der Waals surface area contributed by atoms with Crippen LogP contribution in [0.5, 0.6) is 0 Å². The largest absolute Gasteiger partial charge is 0.478 e. The number of nitrogens with zero attached hydrogens (tertiary/aromatic N) is 4. The maximum atomic E-state index is 13.6. The van der Waals surface area contributed by atoms with Gasteiger partial charge in [-0.3, -0.25) is 9.69 Å². The van der Waals surface area contributed by atoms with E-state index in [4.69, 9.17) is 4.98 Å². The summed E-state index contributed by atoms with van der Waals surface area (Å²) in [6.45, 7) is 8.48. The second-order valence-electron chi connectivity index (χ2n) is 13.7. The van der Waals surface area contributed by atoms with Gasteiger partial charge >= 0.3 is 5.97 Å². The van der Waals surface area contributed by atoms with Gasteiger partial charge in [0, 0.05) is 36.8 Å². The van der Waals surface area contributed by atoms with Gasteiger partial charge in [0.25, 0.3) is 5.91 Å². The van der Waals surface area contributed by atoms with Crippen LogP contribution in [0.3, 0.4) is 0 Å². The Morgan fingerprint density at radius 2 is 1.56 bits per heavy atom. The molecule has 1 aromatic heterocycles. The lowest BCUT2D eigenvalue weighted by atomic mass is 9.69. The number of para-hydroxylation sites is 2. The molecule has 0 saturated carbocycles. The molecule has 3 aliphatic rings. The van der Waals surface area contributed by atoms with Crippen LogP contribution < -0.4 is 0 Å². The van der Waals surface area contributed by atoms with E-state index in [0.717, 1.165) is 37.1 Å². The summed E-state index contributed by atoms with van der Waals surface area (Å²) in [6, 6.07) is 24.2. The van der Waals surface area contributed by atoms with Crippen molar-refractivity contribution >= 4 is 22.9 Å². The van der Waals surface area contributed by atoms with Crippen molar-refractivity contribution in [3.8, 4) is 0 Å². The van der Waals surface area contributed by atoms with Crippen molar-refractivity contribution in [2.24, 2.45) is 0 Å². The molecule has 3 fully saturated rings. The normalized spacial score (nSPS) is 23.0. The molecule has 4 heterocycles. The zero-order chi connectivity index (χ0) is 31.3. The van der Waals surface area contributed by atoms with Crippen LogP contribution in [0.15, 0.2) is 66.7 Å². The summed E-state index contributed by atoms with van der Waals surface area (Å²) in [4.78, 5) is 35.0. The SMILES string of the molecule is Cc1cccc(C2(CCN3[C@@H]4CC[C@H]3CC(n3c(C)nc5ccccc53)C4)CCN(C(=O)c3cccc(C(=O)O)c3C)CC2)c1. The minimum absolute atomic E-state index is 0.00812. The third-order valence-electron chi connectivity index (χ3n) is 11.3. The molecule has 2 bridgehead atoms. The number of imidazole rings is 1. The fraction of sp³-hybridized carbons (Fsp3) is 0.447. The zero-order valence-corrected chi connectivity index (χ0v) is 26.7. The average molecular weight is 605 g/mol. The number of benzene rings is 3. The van der Waals surface area contributed by atoms with Gasteiger partial charge in [-0.15, -0.1) is 0 Å². The van der Waals surface area contributed by atoms with Crippen LogP contribution in [0.1, 0.15) is 94.2 Å². The van der Waals surface area contributed by atoms with Crippen LogP contribution in [0, 0.1) is 20.8 Å². The lowest BCUT2D eigenvalue weighted by Crippen LogP contribution is -2.49. The predicted molar refractivity (Wildman–Crippen MR) is 177 cm³/mol. The first-order valence-corrected chi connectivity index (χ1v) is 16.6. The van der Waals surface area contributed by atoms with E-state index in [1.165, 1.54) is 42.3 Å². The Labute approximate surface area is 265 Å². The van der Waals surface area contributed by atoms with Gasteiger partial charge in [0.1, 0.15) is 5.82 Å². The molecule has 1 unspecified atom stereocenters. The van der Waals surface area contributed by atoms with Crippen LogP contribution in [0.2, 0.25) is 0 Å². The molecule has 3 atom stereocenters.